The normalized spacial score (nSPS) is 11.7. The third-order valence-corrected chi connectivity index (χ3v) is 3.05. The molecule has 2 aromatic heterocycles. The molecule has 9 heteroatoms. The van der Waals surface area contributed by atoms with Gasteiger partial charge in [0.1, 0.15) is 12.4 Å². The summed E-state index contributed by atoms with van der Waals surface area (Å²) in [4.78, 5) is 23.6. The second kappa shape index (κ2) is 6.27. The van der Waals surface area contributed by atoms with Crippen LogP contribution in [0.5, 0.6) is 0 Å². The zero-order valence-electron chi connectivity index (χ0n) is 12.5. The first kappa shape index (κ1) is 16.8. The molecule has 0 aliphatic carbocycles. The molecular weight excluding hydrogens is 313 g/mol. The number of aromatic nitrogens is 3. The summed E-state index contributed by atoms with van der Waals surface area (Å²) >= 11 is 0. The van der Waals surface area contributed by atoms with E-state index in [0.717, 1.165) is 6.07 Å². The largest absolute Gasteiger partial charge is 0.417 e. The lowest BCUT2D eigenvalue weighted by Crippen LogP contribution is -2.28. The highest BCUT2D eigenvalue weighted by atomic mass is 19.4. The van der Waals surface area contributed by atoms with E-state index in [4.69, 9.17) is 0 Å². The van der Waals surface area contributed by atoms with Gasteiger partial charge in [-0.1, -0.05) is 0 Å². The Hall–Kier alpha value is -2.58. The molecule has 1 N–H and O–H groups in total. The van der Waals surface area contributed by atoms with Crippen molar-refractivity contribution in [2.24, 2.45) is 0 Å². The predicted molar refractivity (Wildman–Crippen MR) is 76.9 cm³/mol. The fraction of sp³-hybridized carbons (Fsp3) is 0.357. The number of pyridine rings is 1. The number of nitrogens with zero attached hydrogens (tertiary/aromatic N) is 3. The highest BCUT2D eigenvalue weighted by Crippen LogP contribution is 2.28. The Morgan fingerprint density at radius 2 is 2.00 bits per heavy atom. The number of carbonyl (C=O) groups is 1. The van der Waals surface area contributed by atoms with Gasteiger partial charge in [-0.05, 0) is 19.9 Å². The van der Waals surface area contributed by atoms with Crippen LogP contribution in [-0.2, 0) is 17.5 Å². The molecule has 1 amide bonds. The lowest BCUT2D eigenvalue weighted by atomic mass is 10.3. The zero-order chi connectivity index (χ0) is 17.2. The van der Waals surface area contributed by atoms with Crippen LogP contribution < -0.4 is 10.9 Å². The van der Waals surface area contributed by atoms with E-state index in [2.05, 4.69) is 10.4 Å². The van der Waals surface area contributed by atoms with Gasteiger partial charge in [-0.2, -0.15) is 18.3 Å². The topological polar surface area (TPSA) is 68.9 Å². The van der Waals surface area contributed by atoms with E-state index < -0.39 is 29.8 Å². The minimum absolute atomic E-state index is 0.00317. The first-order valence-corrected chi connectivity index (χ1v) is 6.79. The molecule has 0 unspecified atom stereocenters. The van der Waals surface area contributed by atoms with Crippen molar-refractivity contribution in [3.63, 3.8) is 0 Å². The van der Waals surface area contributed by atoms with E-state index in [1.807, 2.05) is 13.8 Å². The number of halogens is 3. The summed E-state index contributed by atoms with van der Waals surface area (Å²) in [6.07, 6.45) is -2.46. The van der Waals surface area contributed by atoms with Crippen molar-refractivity contribution in [3.05, 3.63) is 46.5 Å². The van der Waals surface area contributed by atoms with Crippen LogP contribution >= 0.6 is 0 Å². The highest BCUT2D eigenvalue weighted by Gasteiger charge is 2.31. The van der Waals surface area contributed by atoms with Crippen LogP contribution in [0.2, 0.25) is 0 Å². The molecule has 0 spiro atoms. The molecule has 6 nitrogen and oxygen atoms in total. The lowest BCUT2D eigenvalue weighted by molar-refractivity contribution is -0.138. The fourth-order valence-corrected chi connectivity index (χ4v) is 1.98. The summed E-state index contributed by atoms with van der Waals surface area (Å²) in [5.41, 5.74) is -1.68. The van der Waals surface area contributed by atoms with Gasteiger partial charge in [0.15, 0.2) is 0 Å². The maximum Gasteiger partial charge on any atom is 0.417 e. The number of carbonyl (C=O) groups excluding carboxylic acids is 1. The van der Waals surface area contributed by atoms with Crippen molar-refractivity contribution >= 4 is 11.7 Å². The summed E-state index contributed by atoms with van der Waals surface area (Å²) in [5, 5.41) is 6.55. The van der Waals surface area contributed by atoms with Crippen molar-refractivity contribution in [1.82, 2.24) is 14.3 Å². The molecule has 0 aliphatic rings. The number of alkyl halides is 3. The van der Waals surface area contributed by atoms with E-state index in [1.54, 1.807) is 10.7 Å². The van der Waals surface area contributed by atoms with Gasteiger partial charge in [0.2, 0.25) is 5.91 Å². The van der Waals surface area contributed by atoms with Gasteiger partial charge < -0.3 is 9.88 Å². The molecule has 124 valence electrons. The van der Waals surface area contributed by atoms with E-state index in [-0.39, 0.29) is 6.04 Å². The van der Waals surface area contributed by atoms with Gasteiger partial charge in [0.25, 0.3) is 5.56 Å². The molecule has 2 rings (SSSR count). The predicted octanol–water partition coefficient (Wildman–Crippen LogP) is 2.28. The van der Waals surface area contributed by atoms with Gasteiger partial charge >= 0.3 is 6.18 Å². The van der Waals surface area contributed by atoms with Crippen LogP contribution in [0.25, 0.3) is 0 Å². The van der Waals surface area contributed by atoms with Crippen LogP contribution in [0.4, 0.5) is 19.0 Å². The van der Waals surface area contributed by atoms with E-state index in [0.29, 0.717) is 22.6 Å². The molecule has 0 bridgehead atoms. The Bertz CT molecular complexity index is 762. The number of rotatable bonds is 4. The average molecular weight is 328 g/mol. The Labute approximate surface area is 129 Å². The second-order valence-corrected chi connectivity index (χ2v) is 5.18. The molecule has 23 heavy (non-hydrogen) atoms. The van der Waals surface area contributed by atoms with Crippen LogP contribution in [0.3, 0.4) is 0 Å². The van der Waals surface area contributed by atoms with Gasteiger partial charge in [0, 0.05) is 24.4 Å². The van der Waals surface area contributed by atoms with Crippen molar-refractivity contribution in [2.45, 2.75) is 32.6 Å². The van der Waals surface area contributed by atoms with Crippen molar-refractivity contribution < 1.29 is 18.0 Å². The number of hydrogen-bond acceptors (Lipinski definition) is 3. The molecule has 0 saturated heterocycles. The van der Waals surface area contributed by atoms with Crippen LogP contribution in [0.15, 0.2) is 35.4 Å². The molecular formula is C14H15F3N4O2. The molecule has 0 atom stereocenters. The van der Waals surface area contributed by atoms with Crippen LogP contribution in [0, 0.1) is 0 Å². The standard InChI is InChI=1S/C14H15F3N4O2/c1-9(2)21-11(5-6-18-21)19-12(22)8-20-7-10(14(15,16)17)3-4-13(20)23/h3-7,9H,8H2,1-2H3,(H,19,22). The van der Waals surface area contributed by atoms with Gasteiger partial charge in [-0.3, -0.25) is 9.59 Å². The molecule has 0 aliphatic heterocycles. The SMILES string of the molecule is CC(C)n1nccc1NC(=O)Cn1cc(C(F)(F)F)ccc1=O. The maximum atomic E-state index is 12.7. The summed E-state index contributed by atoms with van der Waals surface area (Å²) < 4.78 is 40.2. The molecule has 0 fully saturated rings. The first-order chi connectivity index (χ1) is 10.7. The molecule has 2 heterocycles. The Morgan fingerprint density at radius 3 is 2.61 bits per heavy atom. The summed E-state index contributed by atoms with van der Waals surface area (Å²) in [7, 11) is 0. The zero-order valence-corrected chi connectivity index (χ0v) is 12.5. The Morgan fingerprint density at radius 1 is 1.30 bits per heavy atom. The second-order valence-electron chi connectivity index (χ2n) is 5.18. The number of amides is 1. The number of nitrogens with one attached hydrogen (secondary N) is 1. The van der Waals surface area contributed by atoms with Gasteiger partial charge in [-0.25, -0.2) is 4.68 Å². The third kappa shape index (κ3) is 3.99. The van der Waals surface area contributed by atoms with E-state index >= 15 is 0 Å². The fourth-order valence-electron chi connectivity index (χ4n) is 1.98. The van der Waals surface area contributed by atoms with E-state index in [1.165, 1.54) is 6.20 Å². The molecule has 0 aromatic carbocycles. The van der Waals surface area contributed by atoms with Gasteiger partial charge in [0.05, 0.1) is 11.8 Å². The number of anilines is 1. The molecule has 0 radical (unpaired) electrons. The van der Waals surface area contributed by atoms with E-state index in [9.17, 15) is 22.8 Å². The lowest BCUT2D eigenvalue weighted by Gasteiger charge is -2.13. The number of hydrogen-bond donors (Lipinski definition) is 1. The van der Waals surface area contributed by atoms with Gasteiger partial charge in [-0.15, -0.1) is 0 Å². The van der Waals surface area contributed by atoms with Crippen LogP contribution in [0.1, 0.15) is 25.5 Å². The maximum absolute atomic E-state index is 12.7. The third-order valence-electron chi connectivity index (χ3n) is 3.05. The molecule has 0 saturated carbocycles. The van der Waals surface area contributed by atoms with Crippen molar-refractivity contribution in [3.8, 4) is 0 Å². The Kier molecular flexibility index (Phi) is 4.57. The first-order valence-electron chi connectivity index (χ1n) is 6.79. The summed E-state index contributed by atoms with van der Waals surface area (Å²) in [6, 6.07) is 3.03. The molecule has 2 aromatic rings. The summed E-state index contributed by atoms with van der Waals surface area (Å²) in [6.45, 7) is 3.20. The highest BCUT2D eigenvalue weighted by molar-refractivity contribution is 5.89. The van der Waals surface area contributed by atoms with Crippen molar-refractivity contribution in [1.29, 1.82) is 0 Å². The minimum atomic E-state index is -4.58. The average Bonchev–Trinajstić information content (AvgIpc) is 2.88. The quantitative estimate of drug-likeness (QED) is 0.936. The smallest absolute Gasteiger partial charge is 0.309 e. The minimum Gasteiger partial charge on any atom is -0.309 e. The van der Waals surface area contributed by atoms with Crippen LogP contribution in [-0.4, -0.2) is 20.3 Å². The van der Waals surface area contributed by atoms with Crippen molar-refractivity contribution in [2.75, 3.05) is 5.32 Å². The Balaban J connectivity index is 2.17. The monoisotopic (exact) mass is 328 g/mol. The summed E-state index contributed by atoms with van der Waals surface area (Å²) in [5.74, 6) is -0.209.